The Morgan fingerprint density at radius 1 is 1.20 bits per heavy atom. The summed E-state index contributed by atoms with van der Waals surface area (Å²) in [7, 11) is 2.21. The molecule has 1 aromatic carbocycles. The van der Waals surface area contributed by atoms with Gasteiger partial charge in [0.2, 0.25) is 0 Å². The minimum Gasteiger partial charge on any atom is -0.372 e. The number of amides is 1. The molecule has 3 rings (SSSR count). The van der Waals surface area contributed by atoms with Gasteiger partial charge in [-0.15, -0.1) is 0 Å². The van der Waals surface area contributed by atoms with Crippen molar-refractivity contribution >= 4 is 34.6 Å². The van der Waals surface area contributed by atoms with E-state index in [0.29, 0.717) is 0 Å². The fraction of sp³-hybridized carbons (Fsp3) is 0.474. The molecule has 0 aliphatic carbocycles. The van der Waals surface area contributed by atoms with Crippen LogP contribution in [0.5, 0.6) is 0 Å². The molecule has 0 bridgehead atoms. The molecule has 0 radical (unpaired) electrons. The van der Waals surface area contributed by atoms with Gasteiger partial charge in [0, 0.05) is 18.8 Å². The van der Waals surface area contributed by atoms with E-state index in [0.717, 1.165) is 54.9 Å². The minimum absolute atomic E-state index is 0.112. The third-order valence-corrected chi connectivity index (χ3v) is 5.86. The molecule has 0 unspecified atom stereocenters. The van der Waals surface area contributed by atoms with E-state index in [9.17, 15) is 4.79 Å². The third kappa shape index (κ3) is 4.25. The first-order valence-corrected chi connectivity index (χ1v) is 9.86. The molecule has 25 heavy (non-hydrogen) atoms. The summed E-state index contributed by atoms with van der Waals surface area (Å²) in [4.78, 5) is 23.3. The van der Waals surface area contributed by atoms with Crippen molar-refractivity contribution in [3.8, 4) is 0 Å². The van der Waals surface area contributed by atoms with E-state index in [1.807, 2.05) is 6.08 Å². The van der Waals surface area contributed by atoms with Gasteiger partial charge in [-0.25, -0.2) is 0 Å². The quantitative estimate of drug-likeness (QED) is 0.824. The maximum absolute atomic E-state index is 12.2. The number of quaternary nitrogens is 1. The van der Waals surface area contributed by atoms with Gasteiger partial charge in [0.05, 0.1) is 38.1 Å². The van der Waals surface area contributed by atoms with E-state index in [1.165, 1.54) is 22.3 Å². The van der Waals surface area contributed by atoms with Crippen LogP contribution >= 0.6 is 11.8 Å². The summed E-state index contributed by atoms with van der Waals surface area (Å²) in [6, 6.07) is 8.39. The normalized spacial score (nSPS) is 20.3. The second-order valence-electron chi connectivity index (χ2n) is 6.52. The molecule has 6 heteroatoms. The molecule has 0 aromatic heterocycles. The number of thioether (sulfide) groups is 1. The molecule has 0 spiro atoms. The second-order valence-corrected chi connectivity index (χ2v) is 7.53. The summed E-state index contributed by atoms with van der Waals surface area (Å²) in [5.74, 6) is -0.112. The predicted molar refractivity (Wildman–Crippen MR) is 106 cm³/mol. The minimum atomic E-state index is -0.112. The Hall–Kier alpha value is -1.79. The number of carbonyl (C=O) groups is 1. The zero-order valence-electron chi connectivity index (χ0n) is 15.3. The molecule has 2 aliphatic rings. The van der Waals surface area contributed by atoms with Crippen molar-refractivity contribution in [3.05, 3.63) is 34.7 Å². The molecule has 1 amide bonds. The van der Waals surface area contributed by atoms with Crippen molar-refractivity contribution in [3.63, 3.8) is 0 Å². The van der Waals surface area contributed by atoms with Crippen LogP contribution in [0.25, 0.3) is 6.08 Å². The molecule has 2 aliphatic heterocycles. The topological polar surface area (TPSA) is 40.4 Å². The van der Waals surface area contributed by atoms with Crippen molar-refractivity contribution in [1.29, 1.82) is 0 Å². The SMILES string of the molecule is CCN(CC)c1ccc(/C=C2\SC(N3CC[NH+](C)CC3)=NC2=O)cc1. The van der Waals surface area contributed by atoms with Crippen molar-refractivity contribution < 1.29 is 9.69 Å². The number of aliphatic imine (C=N–C) groups is 1. The maximum atomic E-state index is 12.2. The number of rotatable bonds is 4. The van der Waals surface area contributed by atoms with E-state index in [-0.39, 0.29) is 5.91 Å². The predicted octanol–water partition coefficient (Wildman–Crippen LogP) is 1.33. The van der Waals surface area contributed by atoms with Gasteiger partial charge in [0.1, 0.15) is 0 Å². The average molecular weight is 360 g/mol. The number of nitrogens with one attached hydrogen (secondary N) is 1. The highest BCUT2D eigenvalue weighted by Gasteiger charge is 2.28. The summed E-state index contributed by atoms with van der Waals surface area (Å²) >= 11 is 1.51. The molecule has 134 valence electrons. The van der Waals surface area contributed by atoms with Gasteiger partial charge in [-0.1, -0.05) is 12.1 Å². The molecule has 2 heterocycles. The van der Waals surface area contributed by atoms with Crippen molar-refractivity contribution in [2.75, 3.05) is 51.2 Å². The summed E-state index contributed by atoms with van der Waals surface area (Å²) < 4.78 is 0. The van der Waals surface area contributed by atoms with Crippen LogP contribution in [0, 0.1) is 0 Å². The number of carbonyl (C=O) groups excluding carboxylic acids is 1. The Labute approximate surface area is 154 Å². The van der Waals surface area contributed by atoms with Crippen LogP contribution < -0.4 is 9.80 Å². The smallest absolute Gasteiger partial charge is 0.286 e. The van der Waals surface area contributed by atoms with Gasteiger partial charge < -0.3 is 14.7 Å². The number of hydrogen-bond donors (Lipinski definition) is 1. The Bertz CT molecular complexity index is 671. The standard InChI is InChI=1S/C19H26N4OS/c1-4-22(5-2)16-8-6-15(7-9-16)14-17-18(24)20-19(25-17)23-12-10-21(3)11-13-23/h6-9,14H,4-5,10-13H2,1-3H3/p+1/b17-14-. The van der Waals surface area contributed by atoms with Crippen LogP contribution in [-0.4, -0.2) is 62.3 Å². The van der Waals surface area contributed by atoms with Gasteiger partial charge >= 0.3 is 0 Å². The molecular weight excluding hydrogens is 332 g/mol. The van der Waals surface area contributed by atoms with Crippen LogP contribution in [0.15, 0.2) is 34.2 Å². The number of likely N-dealkylation sites (N-methyl/N-ethyl adjacent to an activating group) is 1. The van der Waals surface area contributed by atoms with Crippen LogP contribution in [0.2, 0.25) is 0 Å². The van der Waals surface area contributed by atoms with Gasteiger partial charge in [-0.2, -0.15) is 4.99 Å². The van der Waals surface area contributed by atoms with Crippen LogP contribution in [0.1, 0.15) is 19.4 Å². The zero-order chi connectivity index (χ0) is 17.8. The Kier molecular flexibility index (Phi) is 5.81. The zero-order valence-corrected chi connectivity index (χ0v) is 16.1. The lowest BCUT2D eigenvalue weighted by Gasteiger charge is -2.30. The van der Waals surface area contributed by atoms with E-state index in [1.54, 1.807) is 0 Å². The molecule has 1 saturated heterocycles. The monoisotopic (exact) mass is 359 g/mol. The molecule has 5 nitrogen and oxygen atoms in total. The number of hydrogen-bond acceptors (Lipinski definition) is 4. The fourth-order valence-corrected chi connectivity index (χ4v) is 4.10. The first-order valence-electron chi connectivity index (χ1n) is 9.04. The summed E-state index contributed by atoms with van der Waals surface area (Å²) in [5, 5.41) is 0.864. The van der Waals surface area contributed by atoms with Crippen molar-refractivity contribution in [1.82, 2.24) is 4.90 Å². The van der Waals surface area contributed by atoms with Crippen LogP contribution in [0.3, 0.4) is 0 Å². The third-order valence-electron chi connectivity index (χ3n) is 4.82. The lowest BCUT2D eigenvalue weighted by molar-refractivity contribution is -0.883. The highest BCUT2D eigenvalue weighted by Crippen LogP contribution is 2.30. The molecular formula is C19H27N4OS+. The van der Waals surface area contributed by atoms with E-state index in [2.05, 4.69) is 60.0 Å². The highest BCUT2D eigenvalue weighted by molar-refractivity contribution is 8.18. The van der Waals surface area contributed by atoms with E-state index < -0.39 is 0 Å². The van der Waals surface area contributed by atoms with Crippen molar-refractivity contribution in [2.45, 2.75) is 13.8 Å². The summed E-state index contributed by atoms with van der Waals surface area (Å²) in [6.45, 7) is 10.4. The lowest BCUT2D eigenvalue weighted by Crippen LogP contribution is -3.12. The summed E-state index contributed by atoms with van der Waals surface area (Å²) in [5.41, 5.74) is 2.26. The molecule has 1 N–H and O–H groups in total. The van der Waals surface area contributed by atoms with Crippen LogP contribution in [0.4, 0.5) is 5.69 Å². The van der Waals surface area contributed by atoms with Gasteiger partial charge in [0.15, 0.2) is 5.17 Å². The lowest BCUT2D eigenvalue weighted by atomic mass is 10.2. The van der Waals surface area contributed by atoms with E-state index >= 15 is 0 Å². The number of amidine groups is 1. The Morgan fingerprint density at radius 2 is 1.84 bits per heavy atom. The summed E-state index contributed by atoms with van der Waals surface area (Å²) in [6.07, 6.45) is 1.96. The van der Waals surface area contributed by atoms with Gasteiger partial charge in [-0.05, 0) is 49.4 Å². The van der Waals surface area contributed by atoms with Crippen LogP contribution in [-0.2, 0) is 4.79 Å². The largest absolute Gasteiger partial charge is 0.372 e. The van der Waals surface area contributed by atoms with E-state index in [4.69, 9.17) is 0 Å². The second kappa shape index (κ2) is 8.06. The van der Waals surface area contributed by atoms with Gasteiger partial charge in [0.25, 0.3) is 5.91 Å². The van der Waals surface area contributed by atoms with Crippen molar-refractivity contribution in [2.24, 2.45) is 4.99 Å². The Morgan fingerprint density at radius 3 is 2.44 bits per heavy atom. The maximum Gasteiger partial charge on any atom is 0.286 e. The number of anilines is 1. The Balaban J connectivity index is 1.67. The first-order chi connectivity index (χ1) is 12.1. The number of piperazine rings is 1. The number of benzene rings is 1. The molecule has 1 aromatic rings. The van der Waals surface area contributed by atoms with Gasteiger partial charge in [-0.3, -0.25) is 4.79 Å². The molecule has 0 atom stereocenters. The molecule has 1 fully saturated rings. The average Bonchev–Trinajstić information content (AvgIpc) is 2.99. The fourth-order valence-electron chi connectivity index (χ4n) is 3.13. The molecule has 0 saturated carbocycles. The first kappa shape index (κ1) is 18.0. The number of nitrogens with zero attached hydrogens (tertiary/aromatic N) is 3. The highest BCUT2D eigenvalue weighted by atomic mass is 32.2.